The van der Waals surface area contributed by atoms with Crippen molar-refractivity contribution in [1.82, 2.24) is 21.3 Å². The maximum Gasteiger partial charge on any atom is 0.322 e. The van der Waals surface area contributed by atoms with Crippen LogP contribution in [0.25, 0.3) is 0 Å². The van der Waals surface area contributed by atoms with Crippen molar-refractivity contribution in [3.05, 3.63) is 283 Å². The zero-order chi connectivity index (χ0) is 93.4. The van der Waals surface area contributed by atoms with Crippen molar-refractivity contribution in [2.24, 2.45) is 27.1 Å². The van der Waals surface area contributed by atoms with Gasteiger partial charge < -0.3 is 39.7 Å². The number of nitrogens with one attached hydrogen (secondary N) is 4. The smallest absolute Gasteiger partial charge is 0.322 e. The van der Waals surface area contributed by atoms with Crippen LogP contribution in [0.4, 0.5) is 35.5 Å². The molecule has 21 rings (SSSR count). The largest absolute Gasteiger partial charge is 0.545 e. The number of rotatable bonds is 6. The van der Waals surface area contributed by atoms with Crippen molar-refractivity contribution in [2.75, 3.05) is 21.3 Å². The number of halogens is 7. The Kier molecular flexibility index (Phi) is 28.2. The fourth-order valence-electron chi connectivity index (χ4n) is 22.6. The average molecular weight is 1820 g/mol. The SMILES string of the molecule is C=C1Cc2c(F)cccc2C1=O.C=CC(=C)O[Si](C)(C)C.COC1CCC2(CC1)Cc1c(F)cccc1C21NC(=O)NC1=O.COC1CCC2(CC1)Cc1c(F)cccc1C21NC(=S)NC1=O.COC1CCC2(CC1)Cc1c(F)cccc1C2=O.O=C1CCC2(CC1)Cc1c(F)cccc1C2=O.O=C1CCc2c(F)cccc21.O=C1c2cccc(F)c2CC12CCC(O)CC2. The number of hydrogen-bond donors (Lipinski definition) is 5. The van der Waals surface area contributed by atoms with Gasteiger partial charge in [-0.15, -0.1) is 0 Å². The lowest BCUT2D eigenvalue weighted by atomic mass is 9.61. The lowest BCUT2D eigenvalue weighted by Crippen LogP contribution is -2.56. The third-order valence-corrected chi connectivity index (χ3v) is 30.7. The molecule has 27 heteroatoms. The number of aliphatic hydroxyl groups excluding tert-OH is 1. The normalized spacial score (nSPS) is 27.3. The summed E-state index contributed by atoms with van der Waals surface area (Å²) in [6.07, 6.45) is 20.6. The fraction of sp³-hybridized carbons (Fsp3) is 0.437. The molecule has 0 radical (unpaired) electrons. The summed E-state index contributed by atoms with van der Waals surface area (Å²) in [5.74, 6) is -1.25. The highest BCUT2D eigenvalue weighted by molar-refractivity contribution is 7.80. The van der Waals surface area contributed by atoms with E-state index >= 15 is 0 Å². The summed E-state index contributed by atoms with van der Waals surface area (Å²) in [6, 6.07) is 32.8. The first-order valence-corrected chi connectivity index (χ1v) is 48.6. The van der Waals surface area contributed by atoms with Crippen molar-refractivity contribution in [2.45, 2.75) is 235 Å². The van der Waals surface area contributed by atoms with Crippen LogP contribution >= 0.6 is 12.2 Å². The molecule has 18 nitrogen and oxygen atoms in total. The van der Waals surface area contributed by atoms with Crippen LogP contribution in [0.15, 0.2) is 165 Å². The number of amides is 4. The highest BCUT2D eigenvalue weighted by atomic mass is 32.1. The van der Waals surface area contributed by atoms with E-state index in [0.717, 1.165) is 69.8 Å². The van der Waals surface area contributed by atoms with Crippen molar-refractivity contribution in [3.8, 4) is 0 Å². The van der Waals surface area contributed by atoms with Gasteiger partial charge in [0.1, 0.15) is 46.5 Å². The van der Waals surface area contributed by atoms with Gasteiger partial charge in [0.25, 0.3) is 11.8 Å². The Balaban J connectivity index is 0.000000122. The molecule has 12 aliphatic carbocycles. The van der Waals surface area contributed by atoms with Crippen molar-refractivity contribution in [1.29, 1.82) is 0 Å². The molecule has 4 amide bonds. The van der Waals surface area contributed by atoms with E-state index in [2.05, 4.69) is 60.6 Å². The molecule has 686 valence electrons. The van der Waals surface area contributed by atoms with Gasteiger partial charge in [-0.05, 0) is 285 Å². The van der Waals surface area contributed by atoms with Gasteiger partial charge in [0, 0.05) is 107 Å². The second-order valence-electron chi connectivity index (χ2n) is 37.9. The first kappa shape index (κ1) is 95.5. The number of ketones is 6. The molecule has 2 aliphatic heterocycles. The summed E-state index contributed by atoms with van der Waals surface area (Å²) < 4.78 is 118. The number of thiocarbonyl (C=S) groups is 1. The minimum Gasteiger partial charge on any atom is -0.545 e. The van der Waals surface area contributed by atoms with Crippen LogP contribution in [0.1, 0.15) is 237 Å². The second-order valence-corrected chi connectivity index (χ2v) is 42.8. The number of urea groups is 1. The van der Waals surface area contributed by atoms with E-state index < -0.39 is 41.7 Å². The number of Topliss-reactive ketones (excluding diaryl/α,β-unsaturated/α-hetero) is 6. The van der Waals surface area contributed by atoms with Gasteiger partial charge in [0.2, 0.25) is 8.32 Å². The van der Waals surface area contributed by atoms with Crippen molar-refractivity contribution < 1.29 is 97.6 Å². The van der Waals surface area contributed by atoms with E-state index in [1.807, 2.05) is 6.07 Å². The topological polar surface area (TPSA) is 259 Å². The predicted octanol–water partition coefficient (Wildman–Crippen LogP) is 19.1. The number of methoxy groups -OCH3 is 3. The third kappa shape index (κ3) is 18.1. The molecular formula is C103H111F7N4O14SSi. The quantitative estimate of drug-likeness (QED) is 0.0197. The highest BCUT2D eigenvalue weighted by Crippen LogP contribution is 2.62. The molecule has 7 aromatic rings. The molecule has 7 spiro atoms. The number of hydrogen-bond acceptors (Lipinski definition) is 15. The second kappa shape index (κ2) is 38.3. The molecule has 0 aromatic heterocycles. The van der Waals surface area contributed by atoms with Crippen LogP contribution in [0.5, 0.6) is 0 Å². The molecule has 5 saturated carbocycles. The zero-order valence-electron chi connectivity index (χ0n) is 74.2. The molecule has 130 heavy (non-hydrogen) atoms. The Morgan fingerprint density at radius 2 is 0.785 bits per heavy atom. The van der Waals surface area contributed by atoms with E-state index in [1.165, 1.54) is 42.5 Å². The number of ether oxygens (including phenoxy) is 3. The summed E-state index contributed by atoms with van der Waals surface area (Å²) in [5, 5.41) is 21.0. The molecule has 14 aliphatic rings. The lowest BCUT2D eigenvalue weighted by Gasteiger charge is -2.46. The summed E-state index contributed by atoms with van der Waals surface area (Å²) in [7, 11) is 3.71. The minimum atomic E-state index is -1.41. The molecule has 2 heterocycles. The molecule has 2 unspecified atom stereocenters. The van der Waals surface area contributed by atoms with Crippen LogP contribution in [0.2, 0.25) is 19.6 Å². The maximum atomic E-state index is 14.4. The van der Waals surface area contributed by atoms with E-state index in [1.54, 1.807) is 106 Å². The predicted molar refractivity (Wildman–Crippen MR) is 482 cm³/mol. The van der Waals surface area contributed by atoms with Crippen LogP contribution in [0, 0.1) is 67.8 Å². The zero-order valence-corrected chi connectivity index (χ0v) is 76.1. The van der Waals surface area contributed by atoms with Crippen molar-refractivity contribution >= 4 is 78.2 Å². The monoisotopic (exact) mass is 1820 g/mol. The van der Waals surface area contributed by atoms with Crippen LogP contribution in [0.3, 0.4) is 0 Å². The van der Waals surface area contributed by atoms with Gasteiger partial charge >= 0.3 is 6.03 Å². The Hall–Kier alpha value is -10.6. The summed E-state index contributed by atoms with van der Waals surface area (Å²) in [4.78, 5) is 108. The van der Waals surface area contributed by atoms with Crippen LogP contribution in [-0.4, -0.2) is 117 Å². The number of carbonyl (C=O) groups excluding carboxylic acids is 9. The maximum absolute atomic E-state index is 14.4. The number of benzene rings is 7. The summed E-state index contributed by atoms with van der Waals surface area (Å²) >= 11 is 5.20. The highest BCUT2D eigenvalue weighted by Gasteiger charge is 2.68. The Labute approximate surface area is 759 Å². The van der Waals surface area contributed by atoms with Gasteiger partial charge in [0.15, 0.2) is 45.1 Å². The van der Waals surface area contributed by atoms with Gasteiger partial charge in [0.05, 0.1) is 30.2 Å². The molecule has 0 bridgehead atoms. The van der Waals surface area contributed by atoms with Crippen LogP contribution < -0.4 is 21.3 Å². The van der Waals surface area contributed by atoms with Gasteiger partial charge in [-0.2, -0.15) is 0 Å². The van der Waals surface area contributed by atoms with Gasteiger partial charge in [-0.3, -0.25) is 43.7 Å². The summed E-state index contributed by atoms with van der Waals surface area (Å²) in [5.41, 5.74) is 4.41. The molecule has 2 saturated heterocycles. The number of imide groups is 1. The van der Waals surface area contributed by atoms with E-state index in [0.29, 0.717) is 204 Å². The Morgan fingerprint density at radius 1 is 0.431 bits per heavy atom. The van der Waals surface area contributed by atoms with E-state index in [4.69, 9.17) is 30.9 Å². The molecule has 7 fully saturated rings. The first-order valence-electron chi connectivity index (χ1n) is 44.8. The van der Waals surface area contributed by atoms with E-state index in [-0.39, 0.29) is 122 Å². The summed E-state index contributed by atoms with van der Waals surface area (Å²) in [6.45, 7) is 17.1. The third-order valence-electron chi connectivity index (χ3n) is 29.6. The standard InChI is InChI=1S/C17H19FN2O3.C17H19FN2O2S.C15H17FO2.C14H15FO2.C14H13FO2.C10H7FO.C9H7FO.C7H14OSi/c1-23-10-5-7-16(8-6-10)9-11-12(3-2-4-13(11)18)17(16)14(21)19-15(22)20-17;1-22-10-5-7-16(8-6-10)9-11-12(3-2-4-13(11)18)17(16)14(21)19-15(23)20-17;1-18-10-5-7-15(8-6-10)9-12-11(14(15)17)3-2-4-13(12)16;2*15-12-3-1-2-10-11(12)8-14(13(10)17)6-4-9(16)5-7-14;1-6-5-8-7(10(6)12)3-2-4-9(8)11;10-8-3-1-2-7-6(8)4-5-9(7)11;1-6-7(2)8-9(3,4)5/h2-4,10H,5-9H2,1H3,(H2,19,20,21,22);2-4,10H,5-9H2,1H3,(H2,19,20,21,23);2-4,10H,5-9H2,1H3;1-3,9,16H,4-8H2;1-3H,4-8H2;2-4H,1,5H2;1-3H,4-5H2;6H,1-2H2,3-5H3. The minimum absolute atomic E-state index is 0.0412. The number of aliphatic hydroxyl groups is 1. The molecular weight excluding hydrogens is 1710 g/mol. The van der Waals surface area contributed by atoms with Crippen molar-refractivity contribution in [3.63, 3.8) is 0 Å². The number of allylic oxidation sites excluding steroid dienone is 2. The fourth-order valence-corrected chi connectivity index (χ4v) is 23.7. The molecule has 2 atom stereocenters. The Morgan fingerprint density at radius 3 is 1.14 bits per heavy atom. The Bertz CT molecular complexity index is 5590. The molecule has 7 aromatic carbocycles. The number of carbonyl (C=O) groups is 9. The first-order chi connectivity index (χ1) is 61.9. The lowest BCUT2D eigenvalue weighted by molar-refractivity contribution is -0.132. The molecule has 5 N–H and O–H groups in total. The van der Waals surface area contributed by atoms with Gasteiger partial charge in [-0.1, -0.05) is 105 Å². The van der Waals surface area contributed by atoms with Crippen LogP contribution in [-0.2, 0) is 89.0 Å². The van der Waals surface area contributed by atoms with Gasteiger partial charge in [-0.25, -0.2) is 35.5 Å². The average Bonchev–Trinajstić information content (AvgIpc) is 1.53. The van der Waals surface area contributed by atoms with E-state index in [9.17, 15) is 79.0 Å². The number of fused-ring (bicyclic) bond motifs is 11.